The highest BCUT2D eigenvalue weighted by atomic mass is 16.6. The first-order valence-corrected chi connectivity index (χ1v) is 8.45. The number of aliphatic hydroxyl groups excluding tert-OH is 1. The first-order valence-electron chi connectivity index (χ1n) is 8.45. The van der Waals surface area contributed by atoms with Gasteiger partial charge in [-0.15, -0.1) is 0 Å². The predicted octanol–water partition coefficient (Wildman–Crippen LogP) is 3.65. The van der Waals surface area contributed by atoms with Crippen molar-refractivity contribution < 1.29 is 19.3 Å². The second-order valence-corrected chi connectivity index (χ2v) is 7.91. The molecule has 22 heavy (non-hydrogen) atoms. The van der Waals surface area contributed by atoms with E-state index in [0.29, 0.717) is 19.1 Å². The highest BCUT2D eigenvalue weighted by Crippen LogP contribution is 2.40. The van der Waals surface area contributed by atoms with Gasteiger partial charge in [0, 0.05) is 0 Å². The van der Waals surface area contributed by atoms with Crippen LogP contribution in [0.25, 0.3) is 0 Å². The summed E-state index contributed by atoms with van der Waals surface area (Å²) in [6.45, 7) is 20.2. The van der Waals surface area contributed by atoms with E-state index in [9.17, 15) is 0 Å². The van der Waals surface area contributed by atoms with E-state index in [0.717, 1.165) is 0 Å². The number of hydrogen-bond acceptors (Lipinski definition) is 4. The van der Waals surface area contributed by atoms with E-state index in [4.69, 9.17) is 19.3 Å². The van der Waals surface area contributed by atoms with Crippen LogP contribution in [0, 0.1) is 11.3 Å². The Kier molecular flexibility index (Phi) is 9.15. The van der Waals surface area contributed by atoms with E-state index in [2.05, 4.69) is 48.5 Å². The molecule has 134 valence electrons. The monoisotopic (exact) mass is 318 g/mol. The molecule has 1 N–H and O–H groups in total. The van der Waals surface area contributed by atoms with Crippen LogP contribution in [0.2, 0.25) is 0 Å². The zero-order valence-electron chi connectivity index (χ0n) is 16.1. The molecule has 0 amide bonds. The fourth-order valence-corrected chi connectivity index (χ4v) is 2.33. The van der Waals surface area contributed by atoms with Gasteiger partial charge >= 0.3 is 0 Å². The van der Waals surface area contributed by atoms with Crippen LogP contribution in [0.15, 0.2) is 0 Å². The smallest absolute Gasteiger partial charge is 0.0788 e. The van der Waals surface area contributed by atoms with Crippen LogP contribution in [-0.2, 0) is 14.2 Å². The molecule has 4 atom stereocenters. The summed E-state index contributed by atoms with van der Waals surface area (Å²) in [6.07, 6.45) is -0.144. The normalized spacial score (nSPS) is 19.8. The molecule has 0 rings (SSSR count). The molecule has 0 spiro atoms. The molecule has 0 radical (unpaired) electrons. The molecule has 0 saturated heterocycles. The Hall–Kier alpha value is -0.160. The summed E-state index contributed by atoms with van der Waals surface area (Å²) >= 11 is 0. The van der Waals surface area contributed by atoms with Crippen molar-refractivity contribution in [3.8, 4) is 0 Å². The lowest BCUT2D eigenvalue weighted by atomic mass is 9.71. The molecule has 0 aliphatic carbocycles. The first-order chi connectivity index (χ1) is 9.94. The minimum atomic E-state index is -0.207. The molecule has 0 aromatic heterocycles. The fourth-order valence-electron chi connectivity index (χ4n) is 2.33. The largest absolute Gasteiger partial charge is 0.394 e. The Morgan fingerprint density at radius 3 is 1.64 bits per heavy atom. The maximum Gasteiger partial charge on any atom is 0.0788 e. The Balaban J connectivity index is 4.35. The summed E-state index contributed by atoms with van der Waals surface area (Å²) in [7, 11) is 0. The van der Waals surface area contributed by atoms with Crippen molar-refractivity contribution in [2.24, 2.45) is 11.3 Å². The van der Waals surface area contributed by atoms with Gasteiger partial charge in [0.05, 0.1) is 43.7 Å². The van der Waals surface area contributed by atoms with Gasteiger partial charge in [0.25, 0.3) is 0 Å². The molecule has 0 aliphatic rings. The zero-order valence-corrected chi connectivity index (χ0v) is 16.1. The van der Waals surface area contributed by atoms with Crippen LogP contribution in [0.3, 0.4) is 0 Å². The van der Waals surface area contributed by atoms with Crippen LogP contribution in [0.5, 0.6) is 0 Å². The molecule has 0 saturated carbocycles. The van der Waals surface area contributed by atoms with Gasteiger partial charge in [0.1, 0.15) is 0 Å². The summed E-state index contributed by atoms with van der Waals surface area (Å²) in [5.41, 5.74) is -0.151. The lowest BCUT2D eigenvalue weighted by Gasteiger charge is -2.46. The maximum absolute atomic E-state index is 8.94. The highest BCUT2D eigenvalue weighted by Gasteiger charge is 2.42. The SMILES string of the molecule is CC(CO)OCC(C)OCC(C)OC(C)(C(C)C)C(C)(C)C. The molecule has 4 nitrogen and oxygen atoms in total. The minimum absolute atomic E-state index is 0.0139. The molecule has 4 heteroatoms. The second kappa shape index (κ2) is 9.21. The third-order valence-corrected chi connectivity index (χ3v) is 4.52. The second-order valence-electron chi connectivity index (χ2n) is 7.91. The van der Waals surface area contributed by atoms with E-state index >= 15 is 0 Å². The van der Waals surface area contributed by atoms with Crippen LogP contribution in [0.1, 0.15) is 62.3 Å². The van der Waals surface area contributed by atoms with Crippen molar-refractivity contribution in [1.82, 2.24) is 0 Å². The van der Waals surface area contributed by atoms with Crippen molar-refractivity contribution in [2.75, 3.05) is 19.8 Å². The Bertz CT molecular complexity index is 298. The van der Waals surface area contributed by atoms with Crippen molar-refractivity contribution in [3.05, 3.63) is 0 Å². The number of ether oxygens (including phenoxy) is 3. The number of aliphatic hydroxyl groups is 1. The Morgan fingerprint density at radius 1 is 0.773 bits per heavy atom. The zero-order chi connectivity index (χ0) is 17.6. The quantitative estimate of drug-likeness (QED) is 0.668. The van der Waals surface area contributed by atoms with Gasteiger partial charge in [0.15, 0.2) is 0 Å². The lowest BCUT2D eigenvalue weighted by molar-refractivity contribution is -0.182. The van der Waals surface area contributed by atoms with Crippen molar-refractivity contribution >= 4 is 0 Å². The van der Waals surface area contributed by atoms with Crippen molar-refractivity contribution in [3.63, 3.8) is 0 Å². The van der Waals surface area contributed by atoms with Crippen LogP contribution < -0.4 is 0 Å². The number of hydrogen-bond donors (Lipinski definition) is 1. The number of rotatable bonds is 10. The van der Waals surface area contributed by atoms with Gasteiger partial charge in [-0.05, 0) is 39.0 Å². The molecular weight excluding hydrogens is 280 g/mol. The summed E-state index contributed by atoms with van der Waals surface area (Å²) in [6, 6.07) is 0. The lowest BCUT2D eigenvalue weighted by Crippen LogP contribution is -2.49. The Labute approximate surface area is 137 Å². The van der Waals surface area contributed by atoms with Crippen LogP contribution in [0.4, 0.5) is 0 Å². The summed E-state index contributed by atoms with van der Waals surface area (Å²) < 4.78 is 17.6. The molecule has 0 fully saturated rings. The van der Waals surface area contributed by atoms with Gasteiger partial charge in [-0.3, -0.25) is 0 Å². The third-order valence-electron chi connectivity index (χ3n) is 4.52. The average molecular weight is 318 g/mol. The van der Waals surface area contributed by atoms with E-state index in [1.807, 2.05) is 13.8 Å². The van der Waals surface area contributed by atoms with Gasteiger partial charge in [-0.2, -0.15) is 0 Å². The van der Waals surface area contributed by atoms with Crippen LogP contribution in [-0.4, -0.2) is 48.8 Å². The topological polar surface area (TPSA) is 47.9 Å². The van der Waals surface area contributed by atoms with Crippen LogP contribution >= 0.6 is 0 Å². The molecular formula is C18H38O4. The first kappa shape index (κ1) is 21.8. The fraction of sp³-hybridized carbons (Fsp3) is 1.00. The maximum atomic E-state index is 8.94. The summed E-state index contributed by atoms with van der Waals surface area (Å²) in [5.74, 6) is 0.418. The third kappa shape index (κ3) is 6.95. The standard InChI is InChI=1S/C18H38O4/c1-13(2)18(9,17(6,7)8)22-16(5)12-21-15(4)11-20-14(3)10-19/h13-16,19H,10-12H2,1-9H3. The molecule has 0 heterocycles. The van der Waals surface area contributed by atoms with Crippen molar-refractivity contribution in [1.29, 1.82) is 0 Å². The molecule has 0 aromatic carbocycles. The van der Waals surface area contributed by atoms with Crippen molar-refractivity contribution in [2.45, 2.75) is 86.2 Å². The molecule has 0 aromatic rings. The van der Waals surface area contributed by atoms with E-state index in [1.54, 1.807) is 0 Å². The van der Waals surface area contributed by atoms with E-state index in [1.165, 1.54) is 0 Å². The molecule has 0 aliphatic heterocycles. The minimum Gasteiger partial charge on any atom is -0.394 e. The van der Waals surface area contributed by atoms with E-state index < -0.39 is 0 Å². The van der Waals surface area contributed by atoms with E-state index in [-0.39, 0.29) is 35.9 Å². The van der Waals surface area contributed by atoms with Gasteiger partial charge < -0.3 is 19.3 Å². The average Bonchev–Trinajstić information content (AvgIpc) is 2.40. The molecule has 0 bridgehead atoms. The predicted molar refractivity (Wildman–Crippen MR) is 91.2 cm³/mol. The summed E-state index contributed by atoms with van der Waals surface area (Å²) in [5, 5.41) is 8.94. The van der Waals surface area contributed by atoms with Gasteiger partial charge in [-0.25, -0.2) is 0 Å². The molecule has 4 unspecified atom stereocenters. The highest BCUT2D eigenvalue weighted by molar-refractivity contribution is 4.91. The Morgan fingerprint density at radius 2 is 1.23 bits per heavy atom. The van der Waals surface area contributed by atoms with Gasteiger partial charge in [0.2, 0.25) is 0 Å². The summed E-state index contributed by atoms with van der Waals surface area (Å²) in [4.78, 5) is 0. The van der Waals surface area contributed by atoms with Gasteiger partial charge in [-0.1, -0.05) is 34.6 Å².